The van der Waals surface area contributed by atoms with Crippen LogP contribution in [0.2, 0.25) is 0 Å². The first-order valence-electron chi connectivity index (χ1n) is 6.27. The number of likely N-dealkylation sites (tertiary alicyclic amines) is 1. The first-order valence-corrected chi connectivity index (χ1v) is 6.27. The van der Waals surface area contributed by atoms with Gasteiger partial charge in [0.2, 0.25) is 0 Å². The molecule has 1 aliphatic heterocycles. The molecular formula is C13H18FN3O2. The van der Waals surface area contributed by atoms with Gasteiger partial charge in [-0.2, -0.15) is 0 Å². The quantitative estimate of drug-likeness (QED) is 0.563. The number of nitrogens with one attached hydrogen (secondary N) is 1. The molecule has 2 rings (SSSR count). The zero-order valence-electron chi connectivity index (χ0n) is 10.8. The van der Waals surface area contributed by atoms with Gasteiger partial charge in [-0.1, -0.05) is 13.0 Å². The molecule has 2 unspecified atom stereocenters. The number of anilines is 1. The van der Waals surface area contributed by atoms with E-state index in [9.17, 15) is 14.3 Å². The van der Waals surface area contributed by atoms with Gasteiger partial charge in [0.15, 0.2) is 0 Å². The fourth-order valence-electron chi connectivity index (χ4n) is 2.54. The largest absolute Gasteiger partial charge is 0.394 e. The maximum atomic E-state index is 13.6. The molecule has 0 spiro atoms. The van der Waals surface area contributed by atoms with Crippen LogP contribution in [0.25, 0.3) is 0 Å². The highest BCUT2D eigenvalue weighted by Crippen LogP contribution is 2.28. The van der Waals surface area contributed by atoms with Crippen molar-refractivity contribution in [1.82, 2.24) is 4.90 Å². The third-order valence-electron chi connectivity index (χ3n) is 3.72. The smallest absolute Gasteiger partial charge is 0.256 e. The van der Waals surface area contributed by atoms with Gasteiger partial charge in [-0.05, 0) is 24.5 Å². The van der Waals surface area contributed by atoms with Crippen LogP contribution in [0.5, 0.6) is 0 Å². The van der Waals surface area contributed by atoms with E-state index < -0.39 is 5.82 Å². The van der Waals surface area contributed by atoms with Crippen LogP contribution in [0.3, 0.4) is 0 Å². The fraction of sp³-hybridized carbons (Fsp3) is 0.462. The molecule has 0 saturated carbocycles. The Morgan fingerprint density at radius 3 is 3.00 bits per heavy atom. The molecule has 1 saturated heterocycles. The lowest BCUT2D eigenvalue weighted by Gasteiger charge is -2.26. The zero-order chi connectivity index (χ0) is 14.0. The average Bonchev–Trinajstić information content (AvgIpc) is 2.78. The predicted octanol–water partition coefficient (Wildman–Crippen LogP) is 0.954. The first-order chi connectivity index (χ1) is 9.10. The van der Waals surface area contributed by atoms with Gasteiger partial charge in [-0.3, -0.25) is 10.6 Å². The fourth-order valence-corrected chi connectivity index (χ4v) is 2.54. The molecule has 104 valence electrons. The summed E-state index contributed by atoms with van der Waals surface area (Å²) in [5, 5.41) is 9.38. The number of carbonyl (C=O) groups is 1. The first kappa shape index (κ1) is 13.8. The SMILES string of the molecule is CC1CCN(C(=O)c2cccc(F)c2NN)C1CO. The molecule has 2 atom stereocenters. The molecule has 1 amide bonds. The van der Waals surface area contributed by atoms with Crippen molar-refractivity contribution in [1.29, 1.82) is 0 Å². The number of benzene rings is 1. The summed E-state index contributed by atoms with van der Waals surface area (Å²) in [4.78, 5) is 14.0. The Balaban J connectivity index is 2.32. The number of carbonyl (C=O) groups excluding carboxylic acids is 1. The van der Waals surface area contributed by atoms with E-state index in [1.807, 2.05) is 6.92 Å². The van der Waals surface area contributed by atoms with E-state index in [1.54, 1.807) is 4.90 Å². The summed E-state index contributed by atoms with van der Waals surface area (Å²) in [7, 11) is 0. The van der Waals surface area contributed by atoms with Gasteiger partial charge >= 0.3 is 0 Å². The van der Waals surface area contributed by atoms with Crippen LogP contribution < -0.4 is 11.3 Å². The molecule has 4 N–H and O–H groups in total. The molecule has 19 heavy (non-hydrogen) atoms. The number of nitrogens with two attached hydrogens (primary N) is 1. The number of para-hydroxylation sites is 1. The molecule has 0 aliphatic carbocycles. The second kappa shape index (κ2) is 5.54. The number of aliphatic hydroxyl groups excluding tert-OH is 1. The highest BCUT2D eigenvalue weighted by molar-refractivity contribution is 6.00. The minimum atomic E-state index is -0.568. The third kappa shape index (κ3) is 2.41. The van der Waals surface area contributed by atoms with E-state index in [0.717, 1.165) is 6.42 Å². The molecule has 0 radical (unpaired) electrons. The summed E-state index contributed by atoms with van der Waals surface area (Å²) in [6.45, 7) is 2.46. The molecule has 1 aliphatic rings. The van der Waals surface area contributed by atoms with Crippen LogP contribution in [0.15, 0.2) is 18.2 Å². The lowest BCUT2D eigenvalue weighted by molar-refractivity contribution is 0.0648. The van der Waals surface area contributed by atoms with Gasteiger partial charge < -0.3 is 15.4 Å². The Bertz CT molecular complexity index is 481. The van der Waals surface area contributed by atoms with Gasteiger partial charge in [0, 0.05) is 6.54 Å². The zero-order valence-corrected chi connectivity index (χ0v) is 10.8. The van der Waals surface area contributed by atoms with Crippen LogP contribution in [-0.2, 0) is 0 Å². The van der Waals surface area contributed by atoms with Gasteiger partial charge in [-0.15, -0.1) is 0 Å². The van der Waals surface area contributed by atoms with Crippen LogP contribution in [0.1, 0.15) is 23.7 Å². The lowest BCUT2D eigenvalue weighted by atomic mass is 10.0. The highest BCUT2D eigenvalue weighted by Gasteiger charge is 2.35. The van der Waals surface area contributed by atoms with Crippen molar-refractivity contribution >= 4 is 11.6 Å². The third-order valence-corrected chi connectivity index (χ3v) is 3.72. The monoisotopic (exact) mass is 267 g/mol. The van der Waals surface area contributed by atoms with E-state index in [4.69, 9.17) is 5.84 Å². The second-order valence-corrected chi connectivity index (χ2v) is 4.82. The minimum absolute atomic E-state index is 0.0104. The van der Waals surface area contributed by atoms with Crippen LogP contribution in [-0.4, -0.2) is 35.1 Å². The van der Waals surface area contributed by atoms with Gasteiger partial charge in [0.25, 0.3) is 5.91 Å². The van der Waals surface area contributed by atoms with Crippen molar-refractivity contribution in [2.45, 2.75) is 19.4 Å². The number of aliphatic hydroxyl groups is 1. The van der Waals surface area contributed by atoms with Crippen molar-refractivity contribution < 1.29 is 14.3 Å². The molecule has 6 heteroatoms. The number of hydrazine groups is 1. The van der Waals surface area contributed by atoms with Crippen molar-refractivity contribution in [3.8, 4) is 0 Å². The Kier molecular flexibility index (Phi) is 4.01. The molecule has 1 heterocycles. The topological polar surface area (TPSA) is 78.6 Å². The summed E-state index contributed by atoms with van der Waals surface area (Å²) >= 11 is 0. The van der Waals surface area contributed by atoms with E-state index in [1.165, 1.54) is 18.2 Å². The molecule has 1 aromatic carbocycles. The van der Waals surface area contributed by atoms with E-state index in [-0.39, 0.29) is 35.7 Å². The Labute approximate surface area is 111 Å². The van der Waals surface area contributed by atoms with Crippen molar-refractivity contribution in [2.75, 3.05) is 18.6 Å². The number of hydrogen-bond acceptors (Lipinski definition) is 4. The minimum Gasteiger partial charge on any atom is -0.394 e. The maximum absolute atomic E-state index is 13.6. The standard InChI is InChI=1S/C13H18FN3O2/c1-8-5-6-17(11(8)7-18)13(19)9-3-2-4-10(14)12(9)16-15/h2-4,8,11,16,18H,5-7,15H2,1H3. The summed E-state index contributed by atoms with van der Waals surface area (Å²) in [6, 6.07) is 4.01. The van der Waals surface area contributed by atoms with Crippen molar-refractivity contribution in [3.05, 3.63) is 29.6 Å². The van der Waals surface area contributed by atoms with Gasteiger partial charge in [0.1, 0.15) is 5.82 Å². The number of hydrogen-bond donors (Lipinski definition) is 3. The second-order valence-electron chi connectivity index (χ2n) is 4.82. The molecule has 0 bridgehead atoms. The maximum Gasteiger partial charge on any atom is 0.256 e. The molecular weight excluding hydrogens is 249 g/mol. The van der Waals surface area contributed by atoms with Crippen LogP contribution >= 0.6 is 0 Å². The number of nitrogens with zero attached hydrogens (tertiary/aromatic N) is 1. The highest BCUT2D eigenvalue weighted by atomic mass is 19.1. The van der Waals surface area contributed by atoms with Crippen LogP contribution in [0.4, 0.5) is 10.1 Å². The van der Waals surface area contributed by atoms with Crippen molar-refractivity contribution in [3.63, 3.8) is 0 Å². The molecule has 1 fully saturated rings. The lowest BCUT2D eigenvalue weighted by Crippen LogP contribution is -2.40. The van der Waals surface area contributed by atoms with Gasteiger partial charge in [0.05, 0.1) is 23.9 Å². The van der Waals surface area contributed by atoms with Crippen LogP contribution in [0, 0.1) is 11.7 Å². The number of amides is 1. The Morgan fingerprint density at radius 1 is 1.63 bits per heavy atom. The Morgan fingerprint density at radius 2 is 2.37 bits per heavy atom. The van der Waals surface area contributed by atoms with Gasteiger partial charge in [-0.25, -0.2) is 4.39 Å². The van der Waals surface area contributed by atoms with Crippen molar-refractivity contribution in [2.24, 2.45) is 11.8 Å². The van der Waals surface area contributed by atoms with E-state index in [2.05, 4.69) is 5.43 Å². The average molecular weight is 267 g/mol. The normalized spacial score (nSPS) is 22.6. The number of nitrogen functional groups attached to an aromatic ring is 1. The summed E-state index contributed by atoms with van der Waals surface area (Å²) in [5.74, 6) is 4.63. The summed E-state index contributed by atoms with van der Waals surface area (Å²) < 4.78 is 13.6. The van der Waals surface area contributed by atoms with E-state index in [0.29, 0.717) is 6.54 Å². The number of halogens is 1. The number of rotatable bonds is 3. The Hall–Kier alpha value is -1.66. The molecule has 5 nitrogen and oxygen atoms in total. The summed E-state index contributed by atoms with van der Waals surface area (Å²) in [6.07, 6.45) is 0.831. The predicted molar refractivity (Wildman–Crippen MR) is 69.9 cm³/mol. The molecule has 1 aromatic rings. The summed E-state index contributed by atoms with van der Waals surface area (Å²) in [5.41, 5.74) is 2.41. The molecule has 0 aromatic heterocycles. The van der Waals surface area contributed by atoms with E-state index >= 15 is 0 Å².